The molecule has 0 saturated heterocycles. The molecule has 0 aromatic heterocycles. The van der Waals surface area contributed by atoms with Crippen molar-refractivity contribution >= 4 is 28.9 Å². The minimum absolute atomic E-state index is 0.0856. The van der Waals surface area contributed by atoms with Gasteiger partial charge >= 0.3 is 0 Å². The molecular weight excluding hydrogens is 523 g/mol. The molecule has 0 radical (unpaired) electrons. The summed E-state index contributed by atoms with van der Waals surface area (Å²) in [6.07, 6.45) is 4.90. The summed E-state index contributed by atoms with van der Waals surface area (Å²) in [6.45, 7) is 2.93. The molecule has 2 aliphatic rings. The second-order valence-electron chi connectivity index (χ2n) is 9.47. The van der Waals surface area contributed by atoms with Crippen LogP contribution >= 0.6 is 23.2 Å². The number of unbranched alkanes of at least 4 members (excludes halogenated alkanes) is 3. The lowest BCUT2D eigenvalue weighted by Crippen LogP contribution is -2.33. The summed E-state index contributed by atoms with van der Waals surface area (Å²) < 4.78 is 23.4. The van der Waals surface area contributed by atoms with Crippen molar-refractivity contribution in [2.75, 3.05) is 20.8 Å². The molecule has 0 amide bonds. The zero-order chi connectivity index (χ0) is 26.6. The molecule has 2 heterocycles. The topological polar surface area (TPSA) is 52.5 Å². The Kier molecular flexibility index (Phi) is 8.20. The van der Waals surface area contributed by atoms with Gasteiger partial charge in [-0.3, -0.25) is 0 Å². The van der Waals surface area contributed by atoms with Gasteiger partial charge in [0, 0.05) is 28.1 Å². The van der Waals surface area contributed by atoms with Crippen LogP contribution in [0.2, 0.25) is 10.0 Å². The van der Waals surface area contributed by atoms with E-state index in [9.17, 15) is 0 Å². The fraction of sp³-hybridized carbons (Fsp3) is 0.367. The number of halogens is 2. The third-order valence-electron chi connectivity index (χ3n) is 6.96. The summed E-state index contributed by atoms with van der Waals surface area (Å²) in [5.74, 6) is 2.81. The predicted molar refractivity (Wildman–Crippen MR) is 151 cm³/mol. The molecular formula is C30H32Cl2N2O4. The molecule has 8 heteroatoms. The van der Waals surface area contributed by atoms with Gasteiger partial charge in [0.25, 0.3) is 0 Å². The molecule has 3 aromatic rings. The van der Waals surface area contributed by atoms with Crippen molar-refractivity contribution in [1.82, 2.24) is 5.01 Å². The van der Waals surface area contributed by atoms with Gasteiger partial charge in [-0.15, -0.1) is 0 Å². The van der Waals surface area contributed by atoms with E-state index in [1.165, 1.54) is 19.3 Å². The minimum Gasteiger partial charge on any atom is -0.494 e. The van der Waals surface area contributed by atoms with E-state index in [1.807, 2.05) is 53.5 Å². The van der Waals surface area contributed by atoms with Crippen LogP contribution in [0.15, 0.2) is 59.7 Å². The number of hydrogen-bond acceptors (Lipinski definition) is 6. The van der Waals surface area contributed by atoms with Gasteiger partial charge in [-0.05, 0) is 61.0 Å². The van der Waals surface area contributed by atoms with Crippen LogP contribution in [0.3, 0.4) is 0 Å². The number of rotatable bonds is 10. The monoisotopic (exact) mass is 554 g/mol. The maximum atomic E-state index is 6.62. The Balaban J connectivity index is 1.45. The summed E-state index contributed by atoms with van der Waals surface area (Å²) in [7, 11) is 3.25. The van der Waals surface area contributed by atoms with E-state index in [-0.39, 0.29) is 6.04 Å². The number of hydrogen-bond donors (Lipinski definition) is 0. The van der Waals surface area contributed by atoms with E-state index in [0.717, 1.165) is 41.2 Å². The van der Waals surface area contributed by atoms with E-state index >= 15 is 0 Å². The van der Waals surface area contributed by atoms with Crippen LogP contribution in [0, 0.1) is 0 Å². The molecule has 0 fully saturated rings. The Morgan fingerprint density at radius 1 is 0.947 bits per heavy atom. The molecule has 0 spiro atoms. The number of methoxy groups -OCH3 is 2. The summed E-state index contributed by atoms with van der Waals surface area (Å²) in [5.41, 5.74) is 3.75. The van der Waals surface area contributed by atoms with Crippen LogP contribution in [-0.4, -0.2) is 31.5 Å². The van der Waals surface area contributed by atoms with Crippen molar-refractivity contribution < 1.29 is 18.9 Å². The lowest BCUT2D eigenvalue weighted by atomic mass is 9.95. The number of hydrazone groups is 1. The largest absolute Gasteiger partial charge is 0.494 e. The molecule has 0 unspecified atom stereocenters. The van der Waals surface area contributed by atoms with Crippen molar-refractivity contribution in [3.63, 3.8) is 0 Å². The zero-order valence-corrected chi connectivity index (χ0v) is 23.4. The standard InChI is InChI=1S/C30H32Cl2N2O4/c1-4-5-6-7-14-37-22-11-8-19(9-12-22)30-34-26(23-16-21(31)17-24(32)29(23)38-30)18-25(33-34)20-10-13-27(35-2)28(15-20)36-3/h8-13,15-17,26,30H,4-7,14,18H2,1-3H3/t26-,30+/m1/s1. The molecule has 3 aromatic carbocycles. The van der Waals surface area contributed by atoms with Gasteiger partial charge in [0.15, 0.2) is 11.5 Å². The maximum absolute atomic E-state index is 6.62. The Morgan fingerprint density at radius 3 is 2.47 bits per heavy atom. The molecule has 0 saturated carbocycles. The van der Waals surface area contributed by atoms with E-state index < -0.39 is 6.23 Å². The summed E-state index contributed by atoms with van der Waals surface area (Å²) in [5, 5.41) is 8.10. The second kappa shape index (κ2) is 11.7. The Morgan fingerprint density at radius 2 is 1.74 bits per heavy atom. The SMILES string of the molecule is CCCCCCOc1ccc([C@@H]2Oc3c(Cl)cc(Cl)cc3[C@H]3CC(c4ccc(OC)c(OC)c4)=NN32)cc1. The van der Waals surface area contributed by atoms with Crippen LogP contribution in [0.5, 0.6) is 23.0 Å². The average Bonchev–Trinajstić information content (AvgIpc) is 3.38. The minimum atomic E-state index is -0.456. The van der Waals surface area contributed by atoms with Crippen LogP contribution in [0.25, 0.3) is 0 Å². The average molecular weight is 556 g/mol. The molecule has 2 aliphatic heterocycles. The highest BCUT2D eigenvalue weighted by atomic mass is 35.5. The molecule has 0 N–H and O–H groups in total. The second-order valence-corrected chi connectivity index (χ2v) is 10.3. The fourth-order valence-corrected chi connectivity index (χ4v) is 5.53. The number of benzene rings is 3. The lowest BCUT2D eigenvalue weighted by molar-refractivity contribution is -0.0189. The van der Waals surface area contributed by atoms with Crippen molar-refractivity contribution in [3.05, 3.63) is 81.3 Å². The molecule has 5 rings (SSSR count). The summed E-state index contributed by atoms with van der Waals surface area (Å²) >= 11 is 13.0. The first-order valence-corrected chi connectivity index (χ1v) is 13.7. The van der Waals surface area contributed by atoms with E-state index in [4.69, 9.17) is 47.3 Å². The normalized spacial score (nSPS) is 17.8. The Hall–Kier alpha value is -3.09. The van der Waals surface area contributed by atoms with Crippen molar-refractivity contribution in [2.45, 2.75) is 51.3 Å². The van der Waals surface area contributed by atoms with Crippen LogP contribution < -0.4 is 18.9 Å². The molecule has 38 heavy (non-hydrogen) atoms. The maximum Gasteiger partial charge on any atom is 0.213 e. The third-order valence-corrected chi connectivity index (χ3v) is 7.46. The Bertz CT molecular complexity index is 1310. The van der Waals surface area contributed by atoms with Gasteiger partial charge in [-0.1, -0.05) is 49.4 Å². The van der Waals surface area contributed by atoms with E-state index in [2.05, 4.69) is 6.92 Å². The first kappa shape index (κ1) is 26.5. The van der Waals surface area contributed by atoms with Gasteiger partial charge < -0.3 is 18.9 Å². The molecule has 0 aliphatic carbocycles. The lowest BCUT2D eigenvalue weighted by Gasteiger charge is -2.38. The molecule has 0 bridgehead atoms. The highest BCUT2D eigenvalue weighted by Crippen LogP contribution is 2.51. The van der Waals surface area contributed by atoms with Crippen molar-refractivity contribution in [1.29, 1.82) is 0 Å². The number of fused-ring (bicyclic) bond motifs is 3. The van der Waals surface area contributed by atoms with Crippen LogP contribution in [-0.2, 0) is 0 Å². The predicted octanol–water partition coefficient (Wildman–Crippen LogP) is 8.21. The van der Waals surface area contributed by atoms with Crippen LogP contribution in [0.4, 0.5) is 0 Å². The highest BCUT2D eigenvalue weighted by molar-refractivity contribution is 6.35. The first-order chi connectivity index (χ1) is 18.5. The molecule has 2 atom stereocenters. The van der Waals surface area contributed by atoms with Crippen molar-refractivity contribution in [3.8, 4) is 23.0 Å². The van der Waals surface area contributed by atoms with E-state index in [0.29, 0.717) is 33.7 Å². The van der Waals surface area contributed by atoms with Gasteiger partial charge in [0.05, 0.1) is 37.6 Å². The van der Waals surface area contributed by atoms with Gasteiger partial charge in [0.2, 0.25) is 6.23 Å². The van der Waals surface area contributed by atoms with Gasteiger partial charge in [-0.25, -0.2) is 5.01 Å². The fourth-order valence-electron chi connectivity index (χ4n) is 4.97. The van der Waals surface area contributed by atoms with Crippen LogP contribution in [0.1, 0.15) is 68.0 Å². The van der Waals surface area contributed by atoms with Gasteiger partial charge in [0.1, 0.15) is 11.5 Å². The molecule has 6 nitrogen and oxygen atoms in total. The Labute approximate surface area is 234 Å². The summed E-state index contributed by atoms with van der Waals surface area (Å²) in [6, 6.07) is 17.4. The smallest absolute Gasteiger partial charge is 0.213 e. The van der Waals surface area contributed by atoms with Gasteiger partial charge in [-0.2, -0.15) is 5.10 Å². The third kappa shape index (κ3) is 5.38. The molecule has 200 valence electrons. The first-order valence-electron chi connectivity index (χ1n) is 13.0. The number of ether oxygens (including phenoxy) is 4. The zero-order valence-electron chi connectivity index (χ0n) is 21.9. The number of nitrogens with zero attached hydrogens (tertiary/aromatic N) is 2. The van der Waals surface area contributed by atoms with E-state index in [1.54, 1.807) is 20.3 Å². The quantitative estimate of drug-likeness (QED) is 0.236. The summed E-state index contributed by atoms with van der Waals surface area (Å²) in [4.78, 5) is 0. The highest BCUT2D eigenvalue weighted by Gasteiger charge is 2.42. The van der Waals surface area contributed by atoms with Crippen molar-refractivity contribution in [2.24, 2.45) is 5.10 Å².